The molecule has 0 spiro atoms. The zero-order valence-electron chi connectivity index (χ0n) is 12.0. The molecule has 122 valence electrons. The summed E-state index contributed by atoms with van der Waals surface area (Å²) in [6.07, 6.45) is 0.696. The van der Waals surface area contributed by atoms with Gasteiger partial charge in [0.1, 0.15) is 0 Å². The van der Waals surface area contributed by atoms with Crippen molar-refractivity contribution in [3.8, 4) is 0 Å². The number of piperidine rings is 1. The molecule has 2 rings (SSSR count). The van der Waals surface area contributed by atoms with Crippen molar-refractivity contribution >= 4 is 16.0 Å². The lowest BCUT2D eigenvalue weighted by molar-refractivity contribution is -0.143. The Morgan fingerprint density at radius 3 is 2.57 bits per heavy atom. The highest BCUT2D eigenvalue weighted by Crippen LogP contribution is 2.41. The largest absolute Gasteiger partial charge is 0.481 e. The smallest absolute Gasteiger partial charge is 0.307 e. The summed E-state index contributed by atoms with van der Waals surface area (Å²) in [7, 11) is -3.85. The molecule has 1 saturated heterocycles. The van der Waals surface area contributed by atoms with Crippen LogP contribution in [-0.2, 0) is 14.8 Å². The fourth-order valence-electron chi connectivity index (χ4n) is 3.27. The first-order valence-corrected chi connectivity index (χ1v) is 8.81. The van der Waals surface area contributed by atoms with Crippen molar-refractivity contribution in [3.05, 3.63) is 0 Å². The predicted octanol–water partition coefficient (Wildman–Crippen LogP) is 1.79. The number of carboxylic acid groups (broad SMARTS) is 1. The van der Waals surface area contributed by atoms with Crippen LogP contribution < -0.4 is 0 Å². The van der Waals surface area contributed by atoms with Crippen molar-refractivity contribution in [2.24, 2.45) is 17.8 Å². The van der Waals surface area contributed by atoms with Gasteiger partial charge in [-0.3, -0.25) is 4.79 Å². The van der Waals surface area contributed by atoms with Gasteiger partial charge in [-0.15, -0.1) is 0 Å². The molecule has 2 aliphatic rings. The van der Waals surface area contributed by atoms with Gasteiger partial charge in [0.15, 0.2) is 0 Å². The number of carbonyl (C=O) groups is 1. The Bertz CT molecular complexity index is 508. The average molecular weight is 325 g/mol. The van der Waals surface area contributed by atoms with Crippen LogP contribution in [0.15, 0.2) is 0 Å². The van der Waals surface area contributed by atoms with E-state index in [0.29, 0.717) is 12.8 Å². The molecule has 8 heteroatoms. The number of hydrogen-bond donors (Lipinski definition) is 1. The Morgan fingerprint density at radius 2 is 2.05 bits per heavy atom. The SMILES string of the molecule is CC1CC(C(=O)O)CN(S(=O)(=O)CC2CCCC2(F)F)C1. The minimum atomic E-state index is -3.85. The summed E-state index contributed by atoms with van der Waals surface area (Å²) in [5.74, 6) is -6.54. The van der Waals surface area contributed by atoms with Gasteiger partial charge in [-0.2, -0.15) is 0 Å². The van der Waals surface area contributed by atoms with Crippen LogP contribution in [-0.4, -0.2) is 48.6 Å². The minimum absolute atomic E-state index is 0.0845. The normalized spacial score (nSPS) is 34.0. The second-order valence-corrected chi connectivity index (χ2v) is 8.34. The van der Waals surface area contributed by atoms with Gasteiger partial charge < -0.3 is 5.11 Å². The maximum Gasteiger partial charge on any atom is 0.307 e. The molecule has 5 nitrogen and oxygen atoms in total. The summed E-state index contributed by atoms with van der Waals surface area (Å²) in [5, 5.41) is 9.07. The van der Waals surface area contributed by atoms with Crippen LogP contribution in [0.25, 0.3) is 0 Å². The second kappa shape index (κ2) is 5.79. The third-order valence-electron chi connectivity index (χ3n) is 4.44. The van der Waals surface area contributed by atoms with Gasteiger partial charge in [0, 0.05) is 25.4 Å². The monoisotopic (exact) mass is 325 g/mol. The molecule has 0 bridgehead atoms. The fourth-order valence-corrected chi connectivity index (χ4v) is 5.29. The number of halogens is 2. The van der Waals surface area contributed by atoms with Gasteiger partial charge in [0.25, 0.3) is 5.92 Å². The Labute approximate surface area is 123 Å². The molecule has 1 N–H and O–H groups in total. The van der Waals surface area contributed by atoms with E-state index >= 15 is 0 Å². The first-order chi connectivity index (χ1) is 9.62. The van der Waals surface area contributed by atoms with Crippen molar-refractivity contribution in [1.29, 1.82) is 0 Å². The molecule has 3 atom stereocenters. The number of alkyl halides is 2. The number of nitrogens with zero attached hydrogens (tertiary/aromatic N) is 1. The van der Waals surface area contributed by atoms with E-state index in [-0.39, 0.29) is 31.8 Å². The van der Waals surface area contributed by atoms with E-state index in [4.69, 9.17) is 5.11 Å². The van der Waals surface area contributed by atoms with Crippen LogP contribution in [0.2, 0.25) is 0 Å². The van der Waals surface area contributed by atoms with E-state index in [0.717, 1.165) is 4.31 Å². The quantitative estimate of drug-likeness (QED) is 0.855. The summed E-state index contributed by atoms with van der Waals surface area (Å²) in [6, 6.07) is 0. The Kier molecular flexibility index (Phi) is 4.58. The van der Waals surface area contributed by atoms with E-state index in [2.05, 4.69) is 0 Å². The van der Waals surface area contributed by atoms with Gasteiger partial charge >= 0.3 is 5.97 Å². The summed E-state index contributed by atoms with van der Waals surface area (Å²) < 4.78 is 53.0. The predicted molar refractivity (Wildman–Crippen MR) is 72.6 cm³/mol. The average Bonchev–Trinajstić information content (AvgIpc) is 2.67. The first-order valence-electron chi connectivity index (χ1n) is 7.20. The molecule has 1 heterocycles. The highest BCUT2D eigenvalue weighted by Gasteiger charge is 2.47. The van der Waals surface area contributed by atoms with Crippen LogP contribution in [0.5, 0.6) is 0 Å². The van der Waals surface area contributed by atoms with Gasteiger partial charge in [-0.1, -0.05) is 6.92 Å². The lowest BCUT2D eigenvalue weighted by Gasteiger charge is -2.34. The van der Waals surface area contributed by atoms with Crippen molar-refractivity contribution in [2.75, 3.05) is 18.8 Å². The van der Waals surface area contributed by atoms with Crippen LogP contribution >= 0.6 is 0 Å². The molecule has 0 aromatic heterocycles. The summed E-state index contributed by atoms with van der Waals surface area (Å²) in [6.45, 7) is 1.88. The standard InChI is InChI=1S/C13H21F2NO4S/c1-9-5-10(12(17)18)7-16(6-9)21(19,20)8-11-3-2-4-13(11,14)15/h9-11H,2-8H2,1H3,(H,17,18). The van der Waals surface area contributed by atoms with Gasteiger partial charge in [0.2, 0.25) is 10.0 Å². The number of hydrogen-bond acceptors (Lipinski definition) is 3. The molecule has 1 aliphatic carbocycles. The Balaban J connectivity index is 2.10. The summed E-state index contributed by atoms with van der Waals surface area (Å²) in [5.41, 5.74) is 0. The molecular formula is C13H21F2NO4S. The van der Waals surface area contributed by atoms with Crippen molar-refractivity contribution in [2.45, 2.75) is 38.5 Å². The summed E-state index contributed by atoms with van der Waals surface area (Å²) >= 11 is 0. The maximum absolute atomic E-state index is 13.6. The van der Waals surface area contributed by atoms with Gasteiger partial charge in [0.05, 0.1) is 11.7 Å². The van der Waals surface area contributed by atoms with E-state index in [9.17, 15) is 22.0 Å². The van der Waals surface area contributed by atoms with Crippen LogP contribution in [0, 0.1) is 17.8 Å². The second-order valence-electron chi connectivity index (χ2n) is 6.32. The number of aliphatic carboxylic acids is 1. The topological polar surface area (TPSA) is 74.7 Å². The zero-order chi connectivity index (χ0) is 15.8. The van der Waals surface area contributed by atoms with Crippen molar-refractivity contribution in [3.63, 3.8) is 0 Å². The molecule has 1 aliphatic heterocycles. The number of carboxylic acids is 1. The highest BCUT2D eigenvalue weighted by atomic mass is 32.2. The Morgan fingerprint density at radius 1 is 1.38 bits per heavy atom. The van der Waals surface area contributed by atoms with E-state index in [1.807, 2.05) is 0 Å². The van der Waals surface area contributed by atoms with Crippen LogP contribution in [0.1, 0.15) is 32.6 Å². The van der Waals surface area contributed by atoms with Gasteiger partial charge in [-0.05, 0) is 25.2 Å². The maximum atomic E-state index is 13.6. The molecule has 0 radical (unpaired) electrons. The molecule has 2 fully saturated rings. The van der Waals surface area contributed by atoms with Crippen LogP contribution in [0.4, 0.5) is 8.78 Å². The number of sulfonamides is 1. The summed E-state index contributed by atoms with van der Waals surface area (Å²) in [4.78, 5) is 11.1. The third kappa shape index (κ3) is 3.71. The molecule has 21 heavy (non-hydrogen) atoms. The molecule has 0 amide bonds. The molecule has 0 aromatic rings. The van der Waals surface area contributed by atoms with E-state index in [1.165, 1.54) is 0 Å². The Hall–Kier alpha value is -0.760. The zero-order valence-corrected chi connectivity index (χ0v) is 12.8. The molecule has 3 unspecified atom stereocenters. The lowest BCUT2D eigenvalue weighted by Crippen LogP contribution is -2.47. The van der Waals surface area contributed by atoms with E-state index < -0.39 is 39.5 Å². The molecular weight excluding hydrogens is 304 g/mol. The van der Waals surface area contributed by atoms with Crippen molar-refractivity contribution in [1.82, 2.24) is 4.31 Å². The molecule has 1 saturated carbocycles. The lowest BCUT2D eigenvalue weighted by atomic mass is 9.92. The fraction of sp³-hybridized carbons (Fsp3) is 0.923. The van der Waals surface area contributed by atoms with Crippen LogP contribution in [0.3, 0.4) is 0 Å². The minimum Gasteiger partial charge on any atom is -0.481 e. The van der Waals surface area contributed by atoms with Gasteiger partial charge in [-0.25, -0.2) is 21.5 Å². The van der Waals surface area contributed by atoms with Crippen molar-refractivity contribution < 1.29 is 27.1 Å². The van der Waals surface area contributed by atoms with E-state index in [1.54, 1.807) is 6.92 Å². The molecule has 0 aromatic carbocycles. The number of rotatable bonds is 4. The highest BCUT2D eigenvalue weighted by molar-refractivity contribution is 7.89. The third-order valence-corrected chi connectivity index (χ3v) is 6.35. The first kappa shape index (κ1) is 16.6.